The number of nitrogens with two attached hydrogens (primary N) is 1. The maximum absolute atomic E-state index is 9.39. The molecule has 0 aliphatic rings. The van der Waals surface area contributed by atoms with Crippen LogP contribution in [0.25, 0.3) is 22.3 Å². The van der Waals surface area contributed by atoms with Gasteiger partial charge in [-0.1, -0.05) is 0 Å². The van der Waals surface area contributed by atoms with Crippen molar-refractivity contribution in [3.05, 3.63) is 42.0 Å². The van der Waals surface area contributed by atoms with Crippen LogP contribution in [0.5, 0.6) is 5.75 Å². The van der Waals surface area contributed by atoms with Crippen molar-refractivity contribution in [3.8, 4) is 23.1 Å². The number of ether oxygens (including phenoxy) is 1. The van der Waals surface area contributed by atoms with Crippen molar-refractivity contribution in [3.63, 3.8) is 0 Å². The lowest BCUT2D eigenvalue weighted by atomic mass is 10.1. The van der Waals surface area contributed by atoms with E-state index in [-0.39, 0.29) is 12.1 Å². The van der Waals surface area contributed by atoms with Gasteiger partial charge >= 0.3 is 0 Å². The molecule has 10 heteroatoms. The second-order valence-electron chi connectivity index (χ2n) is 7.17. The van der Waals surface area contributed by atoms with Crippen LogP contribution in [-0.4, -0.2) is 41.9 Å². The molecule has 3 aromatic heterocycles. The van der Waals surface area contributed by atoms with Gasteiger partial charge in [0.1, 0.15) is 29.3 Å². The molecule has 4 aromatic rings. The predicted octanol–water partition coefficient (Wildman–Crippen LogP) is 2.74. The van der Waals surface area contributed by atoms with Gasteiger partial charge < -0.3 is 10.5 Å². The zero-order valence-electron chi connectivity index (χ0n) is 17.1. The minimum absolute atomic E-state index is 0.148. The highest BCUT2D eigenvalue weighted by atomic mass is 16.5. The Balaban J connectivity index is 1.92. The zero-order chi connectivity index (χ0) is 21.4. The third-order valence-corrected chi connectivity index (χ3v) is 4.85. The second-order valence-corrected chi connectivity index (χ2v) is 7.17. The minimum Gasteiger partial charge on any atom is -0.497 e. The van der Waals surface area contributed by atoms with Gasteiger partial charge in [0, 0.05) is 5.56 Å². The first-order chi connectivity index (χ1) is 14.4. The van der Waals surface area contributed by atoms with Crippen LogP contribution in [0.3, 0.4) is 0 Å². The number of aromatic nitrogens is 7. The molecule has 3 heterocycles. The van der Waals surface area contributed by atoms with Crippen molar-refractivity contribution in [1.82, 2.24) is 34.7 Å². The van der Waals surface area contributed by atoms with E-state index in [0.717, 1.165) is 5.69 Å². The Morgan fingerprint density at radius 1 is 1.13 bits per heavy atom. The van der Waals surface area contributed by atoms with Gasteiger partial charge in [-0.25, -0.2) is 14.6 Å². The molecule has 30 heavy (non-hydrogen) atoms. The number of fused-ring (bicyclic) bond motifs is 1. The molecule has 1 unspecified atom stereocenters. The summed E-state index contributed by atoms with van der Waals surface area (Å²) in [5.74, 6) is 0.857. The number of hydrogen-bond donors (Lipinski definition) is 1. The lowest BCUT2D eigenvalue weighted by molar-refractivity contribution is 0.415. The number of hydrogen-bond acceptors (Lipinski definition) is 8. The number of nitrogen functional groups attached to an aromatic ring is 1. The van der Waals surface area contributed by atoms with E-state index in [0.29, 0.717) is 39.4 Å². The van der Waals surface area contributed by atoms with Crippen LogP contribution in [-0.2, 0) is 0 Å². The lowest BCUT2D eigenvalue weighted by Gasteiger charge is -2.10. The average Bonchev–Trinajstić information content (AvgIpc) is 3.39. The fourth-order valence-corrected chi connectivity index (χ4v) is 3.24. The van der Waals surface area contributed by atoms with Gasteiger partial charge in [-0.3, -0.25) is 0 Å². The summed E-state index contributed by atoms with van der Waals surface area (Å²) in [4.78, 5) is 10.2. The summed E-state index contributed by atoms with van der Waals surface area (Å²) in [6.07, 6.45) is 3.13. The Hall–Kier alpha value is -4.00. The number of methoxy groups -OCH3 is 1. The summed E-state index contributed by atoms with van der Waals surface area (Å²) in [5.41, 5.74) is 9.24. The molecule has 0 amide bonds. The first-order valence-corrected chi connectivity index (χ1v) is 9.43. The molecular formula is C20H21N9O. The highest BCUT2D eigenvalue weighted by Crippen LogP contribution is 2.34. The molecule has 0 spiro atoms. The van der Waals surface area contributed by atoms with Crippen molar-refractivity contribution >= 4 is 16.9 Å². The Morgan fingerprint density at radius 3 is 2.60 bits per heavy atom. The molecular weight excluding hydrogens is 382 g/mol. The van der Waals surface area contributed by atoms with Crippen LogP contribution in [0, 0.1) is 11.3 Å². The monoisotopic (exact) mass is 403 g/mol. The Morgan fingerprint density at radius 2 is 1.93 bits per heavy atom. The van der Waals surface area contributed by atoms with Crippen LogP contribution < -0.4 is 10.5 Å². The zero-order valence-corrected chi connectivity index (χ0v) is 17.1. The lowest BCUT2D eigenvalue weighted by Crippen LogP contribution is -2.12. The van der Waals surface area contributed by atoms with Gasteiger partial charge in [0.2, 0.25) is 0 Å². The highest BCUT2D eigenvalue weighted by Gasteiger charge is 2.23. The Bertz CT molecular complexity index is 1270. The van der Waals surface area contributed by atoms with Crippen molar-refractivity contribution in [2.24, 2.45) is 0 Å². The summed E-state index contributed by atoms with van der Waals surface area (Å²) in [6, 6.07) is 7.25. The van der Waals surface area contributed by atoms with Gasteiger partial charge in [-0.2, -0.15) is 25.4 Å². The topological polar surface area (TPSA) is 133 Å². The third-order valence-electron chi connectivity index (χ3n) is 4.85. The van der Waals surface area contributed by atoms with E-state index in [1.807, 2.05) is 20.8 Å². The molecule has 0 saturated carbocycles. The maximum atomic E-state index is 9.39. The van der Waals surface area contributed by atoms with Crippen molar-refractivity contribution < 1.29 is 4.74 Å². The van der Waals surface area contributed by atoms with E-state index in [1.54, 1.807) is 41.0 Å². The maximum Gasteiger partial charge on any atom is 0.164 e. The SMILES string of the molecule is COc1cc(C#N)cc(-c2nn(C(C)c3cnn(C(C)C)n3)c3ncnc(N)c23)c1. The predicted molar refractivity (Wildman–Crippen MR) is 111 cm³/mol. The molecule has 0 bridgehead atoms. The fraction of sp³-hybridized carbons (Fsp3) is 0.300. The van der Waals surface area contributed by atoms with E-state index in [1.165, 1.54) is 6.33 Å². The smallest absolute Gasteiger partial charge is 0.164 e. The Kier molecular flexibility index (Phi) is 4.79. The number of nitrogens with zero attached hydrogens (tertiary/aromatic N) is 8. The molecule has 1 atom stereocenters. The Labute approximate surface area is 172 Å². The molecule has 0 aliphatic heterocycles. The summed E-state index contributed by atoms with van der Waals surface area (Å²) in [5, 5.41) is 23.7. The van der Waals surface area contributed by atoms with E-state index < -0.39 is 0 Å². The molecule has 152 valence electrons. The molecule has 4 rings (SSSR count). The standard InChI is InChI=1S/C20H21N9O/c1-11(2)29-25-9-16(26-29)12(3)28-20-17(19(22)23-10-24-20)18(27-28)14-5-13(8-21)6-15(7-14)30-4/h5-7,9-12H,1-4H3,(H2,22,23,24). The van der Waals surface area contributed by atoms with Crippen molar-refractivity contribution in [1.29, 1.82) is 5.26 Å². The largest absolute Gasteiger partial charge is 0.497 e. The number of benzene rings is 1. The molecule has 10 nitrogen and oxygen atoms in total. The highest BCUT2D eigenvalue weighted by molar-refractivity contribution is 5.98. The van der Waals surface area contributed by atoms with E-state index >= 15 is 0 Å². The van der Waals surface area contributed by atoms with Crippen LogP contribution in [0.2, 0.25) is 0 Å². The summed E-state index contributed by atoms with van der Waals surface area (Å²) < 4.78 is 7.09. The van der Waals surface area contributed by atoms with Crippen LogP contribution in [0.15, 0.2) is 30.7 Å². The first-order valence-electron chi connectivity index (χ1n) is 9.43. The van der Waals surface area contributed by atoms with Crippen LogP contribution in [0.1, 0.15) is 44.1 Å². The number of rotatable bonds is 5. The van der Waals surface area contributed by atoms with Gasteiger partial charge in [0.05, 0.1) is 42.4 Å². The van der Waals surface area contributed by atoms with Gasteiger partial charge in [0.15, 0.2) is 5.65 Å². The van der Waals surface area contributed by atoms with Gasteiger partial charge in [-0.15, -0.1) is 0 Å². The third kappa shape index (κ3) is 3.20. The number of anilines is 1. The number of nitriles is 1. The molecule has 0 fully saturated rings. The van der Waals surface area contributed by atoms with Gasteiger partial charge in [-0.05, 0) is 39.0 Å². The van der Waals surface area contributed by atoms with E-state index in [4.69, 9.17) is 15.6 Å². The van der Waals surface area contributed by atoms with E-state index in [9.17, 15) is 5.26 Å². The van der Waals surface area contributed by atoms with Crippen molar-refractivity contribution in [2.75, 3.05) is 12.8 Å². The molecule has 2 N–H and O–H groups in total. The first kappa shape index (κ1) is 19.3. The summed E-state index contributed by atoms with van der Waals surface area (Å²) >= 11 is 0. The normalized spacial score (nSPS) is 12.3. The second kappa shape index (κ2) is 7.44. The molecule has 0 radical (unpaired) electrons. The summed E-state index contributed by atoms with van der Waals surface area (Å²) in [7, 11) is 1.55. The molecule has 0 saturated heterocycles. The van der Waals surface area contributed by atoms with Crippen LogP contribution >= 0.6 is 0 Å². The molecule has 0 aliphatic carbocycles. The fourth-order valence-electron chi connectivity index (χ4n) is 3.24. The summed E-state index contributed by atoms with van der Waals surface area (Å²) in [6.45, 7) is 5.99. The van der Waals surface area contributed by atoms with E-state index in [2.05, 4.69) is 26.2 Å². The van der Waals surface area contributed by atoms with Crippen LogP contribution in [0.4, 0.5) is 5.82 Å². The van der Waals surface area contributed by atoms with Gasteiger partial charge in [0.25, 0.3) is 0 Å². The minimum atomic E-state index is -0.246. The molecule has 1 aromatic carbocycles. The average molecular weight is 403 g/mol. The van der Waals surface area contributed by atoms with Crippen molar-refractivity contribution in [2.45, 2.75) is 32.9 Å². The quantitative estimate of drug-likeness (QED) is 0.538.